The van der Waals surface area contributed by atoms with Gasteiger partial charge in [-0.3, -0.25) is 14.6 Å². The van der Waals surface area contributed by atoms with Crippen LogP contribution in [0.4, 0.5) is 0 Å². The summed E-state index contributed by atoms with van der Waals surface area (Å²) in [5, 5.41) is 12.8. The van der Waals surface area contributed by atoms with Gasteiger partial charge in [-0.1, -0.05) is 36.4 Å². The Morgan fingerprint density at radius 1 is 1.00 bits per heavy atom. The number of rotatable bonds is 7. The number of aliphatic hydroxyl groups excluding tert-OH is 1. The number of hydrogen-bond donors (Lipinski definition) is 2. The van der Waals surface area contributed by atoms with E-state index in [0.717, 1.165) is 51.1 Å². The van der Waals surface area contributed by atoms with Crippen LogP contribution in [0.3, 0.4) is 0 Å². The highest BCUT2D eigenvalue weighted by atomic mass is 16.3. The van der Waals surface area contributed by atoms with Gasteiger partial charge >= 0.3 is 0 Å². The lowest BCUT2D eigenvalue weighted by Gasteiger charge is -2.34. The first-order valence-electron chi connectivity index (χ1n) is 9.54. The molecule has 0 saturated carbocycles. The lowest BCUT2D eigenvalue weighted by atomic mass is 10.0. The number of carbonyl (C=O) groups is 1. The molecule has 3 rings (SSSR count). The largest absolute Gasteiger partial charge is 0.508 e. The molecule has 5 heteroatoms. The van der Waals surface area contributed by atoms with Crippen molar-refractivity contribution < 1.29 is 9.90 Å². The quantitative estimate of drug-likeness (QED) is 0.789. The maximum atomic E-state index is 12.1. The smallest absolute Gasteiger partial charge is 0.234 e. The summed E-state index contributed by atoms with van der Waals surface area (Å²) < 4.78 is 0. The Balaban J connectivity index is 1.32. The third-order valence-electron chi connectivity index (χ3n) is 5.02. The molecule has 0 aromatic heterocycles. The van der Waals surface area contributed by atoms with Gasteiger partial charge in [0.05, 0.1) is 6.54 Å². The summed E-state index contributed by atoms with van der Waals surface area (Å²) in [5.41, 5.74) is 2.29. The van der Waals surface area contributed by atoms with Gasteiger partial charge in [0, 0.05) is 39.3 Å². The topological polar surface area (TPSA) is 55.8 Å². The normalized spacial score (nSPS) is 18.9. The molecule has 1 heterocycles. The number of carbonyl (C=O) groups excluding carboxylic acids is 1. The Hall–Kier alpha value is -2.11. The SMILES string of the molecule is O=C(CN1CCN(Cc2ccccc2)CC1)NCCC1=CCCC=C1O. The Kier molecular flexibility index (Phi) is 6.86. The maximum absolute atomic E-state index is 12.1. The number of nitrogens with zero attached hydrogens (tertiary/aromatic N) is 2. The van der Waals surface area contributed by atoms with E-state index in [4.69, 9.17) is 0 Å². The molecule has 26 heavy (non-hydrogen) atoms. The number of amides is 1. The summed E-state index contributed by atoms with van der Waals surface area (Å²) in [7, 11) is 0. The van der Waals surface area contributed by atoms with Crippen molar-refractivity contribution in [3.63, 3.8) is 0 Å². The van der Waals surface area contributed by atoms with Crippen LogP contribution in [0.25, 0.3) is 0 Å². The van der Waals surface area contributed by atoms with Gasteiger partial charge < -0.3 is 10.4 Å². The summed E-state index contributed by atoms with van der Waals surface area (Å²) in [5.74, 6) is 0.446. The molecule has 0 radical (unpaired) electrons. The van der Waals surface area contributed by atoms with E-state index < -0.39 is 0 Å². The van der Waals surface area contributed by atoms with Crippen molar-refractivity contribution in [1.29, 1.82) is 0 Å². The second-order valence-electron chi connectivity index (χ2n) is 7.03. The second-order valence-corrected chi connectivity index (χ2v) is 7.03. The minimum Gasteiger partial charge on any atom is -0.508 e. The lowest BCUT2D eigenvalue weighted by molar-refractivity contribution is -0.122. The van der Waals surface area contributed by atoms with Gasteiger partial charge in [0.25, 0.3) is 0 Å². The highest BCUT2D eigenvalue weighted by molar-refractivity contribution is 5.78. The first-order chi connectivity index (χ1) is 12.7. The van der Waals surface area contributed by atoms with E-state index >= 15 is 0 Å². The molecule has 2 N–H and O–H groups in total. The molecule has 5 nitrogen and oxygen atoms in total. The van der Waals surface area contributed by atoms with Crippen LogP contribution >= 0.6 is 0 Å². The number of piperazine rings is 1. The van der Waals surface area contributed by atoms with E-state index in [1.54, 1.807) is 0 Å². The molecule has 0 bridgehead atoms. The third kappa shape index (κ3) is 5.71. The molecule has 1 aliphatic carbocycles. The predicted octanol–water partition coefficient (Wildman–Crippen LogP) is 2.47. The Morgan fingerprint density at radius 3 is 2.42 bits per heavy atom. The van der Waals surface area contributed by atoms with Crippen molar-refractivity contribution >= 4 is 5.91 Å². The first kappa shape index (κ1) is 18.7. The van der Waals surface area contributed by atoms with Crippen molar-refractivity contribution in [2.24, 2.45) is 0 Å². The van der Waals surface area contributed by atoms with Crippen LogP contribution in [0.2, 0.25) is 0 Å². The minimum absolute atomic E-state index is 0.0707. The highest BCUT2D eigenvalue weighted by Gasteiger charge is 2.19. The van der Waals surface area contributed by atoms with Gasteiger partial charge in [0.15, 0.2) is 0 Å². The average Bonchev–Trinajstić information content (AvgIpc) is 2.66. The number of benzene rings is 1. The molecule has 2 aliphatic rings. The predicted molar refractivity (Wildman–Crippen MR) is 104 cm³/mol. The van der Waals surface area contributed by atoms with E-state index in [-0.39, 0.29) is 5.91 Å². The van der Waals surface area contributed by atoms with E-state index in [9.17, 15) is 9.90 Å². The van der Waals surface area contributed by atoms with Crippen molar-refractivity contribution in [1.82, 2.24) is 15.1 Å². The average molecular weight is 355 g/mol. The fraction of sp³-hybridized carbons (Fsp3) is 0.476. The van der Waals surface area contributed by atoms with Gasteiger partial charge in [0.2, 0.25) is 5.91 Å². The van der Waals surface area contributed by atoms with Crippen LogP contribution in [0.15, 0.2) is 53.8 Å². The van der Waals surface area contributed by atoms with Crippen LogP contribution < -0.4 is 5.32 Å². The van der Waals surface area contributed by atoms with E-state index in [2.05, 4.69) is 45.5 Å². The molecule has 0 spiro atoms. The maximum Gasteiger partial charge on any atom is 0.234 e. The molecule has 1 saturated heterocycles. The van der Waals surface area contributed by atoms with E-state index in [0.29, 0.717) is 25.3 Å². The van der Waals surface area contributed by atoms with Gasteiger partial charge in [-0.15, -0.1) is 0 Å². The fourth-order valence-corrected chi connectivity index (χ4v) is 3.49. The van der Waals surface area contributed by atoms with Crippen molar-refractivity contribution in [3.8, 4) is 0 Å². The Labute approximate surface area is 156 Å². The molecule has 0 atom stereocenters. The minimum atomic E-state index is 0.0707. The van der Waals surface area contributed by atoms with Gasteiger partial charge in [-0.05, 0) is 36.5 Å². The Bertz CT molecular complexity index is 646. The molecular formula is C21H29N3O2. The number of nitrogens with one attached hydrogen (secondary N) is 1. The van der Waals surface area contributed by atoms with Crippen LogP contribution in [0.5, 0.6) is 0 Å². The summed E-state index contributed by atoms with van der Waals surface area (Å²) in [4.78, 5) is 16.8. The summed E-state index contributed by atoms with van der Waals surface area (Å²) >= 11 is 0. The van der Waals surface area contributed by atoms with Crippen molar-refractivity contribution in [3.05, 3.63) is 59.4 Å². The van der Waals surface area contributed by atoms with E-state index in [1.165, 1.54) is 5.56 Å². The number of allylic oxidation sites excluding steroid dienone is 3. The van der Waals surface area contributed by atoms with Crippen LogP contribution in [0.1, 0.15) is 24.8 Å². The highest BCUT2D eigenvalue weighted by Crippen LogP contribution is 2.18. The first-order valence-corrected chi connectivity index (χ1v) is 9.54. The molecule has 1 aromatic carbocycles. The zero-order valence-electron chi connectivity index (χ0n) is 15.4. The molecular weight excluding hydrogens is 326 g/mol. The van der Waals surface area contributed by atoms with Crippen LogP contribution in [0, 0.1) is 0 Å². The van der Waals surface area contributed by atoms with Crippen molar-refractivity contribution in [2.75, 3.05) is 39.3 Å². The molecule has 1 amide bonds. The summed E-state index contributed by atoms with van der Waals surface area (Å²) in [6.07, 6.45) is 6.48. The van der Waals surface area contributed by atoms with Crippen LogP contribution in [-0.4, -0.2) is 60.1 Å². The molecule has 140 valence electrons. The van der Waals surface area contributed by atoms with Crippen LogP contribution in [-0.2, 0) is 11.3 Å². The lowest BCUT2D eigenvalue weighted by Crippen LogP contribution is -2.49. The molecule has 1 fully saturated rings. The second kappa shape index (κ2) is 9.55. The molecule has 0 unspecified atom stereocenters. The van der Waals surface area contributed by atoms with Gasteiger partial charge in [-0.25, -0.2) is 0 Å². The number of aliphatic hydroxyl groups is 1. The third-order valence-corrected chi connectivity index (χ3v) is 5.02. The fourth-order valence-electron chi connectivity index (χ4n) is 3.49. The summed E-state index contributed by atoms with van der Waals surface area (Å²) in [6.45, 7) is 5.86. The zero-order chi connectivity index (χ0) is 18.2. The molecule has 1 aromatic rings. The van der Waals surface area contributed by atoms with E-state index in [1.807, 2.05) is 12.1 Å². The summed E-state index contributed by atoms with van der Waals surface area (Å²) in [6, 6.07) is 10.5. The monoisotopic (exact) mass is 355 g/mol. The standard InChI is InChI=1S/C21H29N3O2/c25-20-9-5-4-8-19(20)10-11-22-21(26)17-24-14-12-23(13-15-24)16-18-6-2-1-3-7-18/h1-3,6-9,25H,4-5,10-17H2,(H,22,26). The number of hydrogen-bond acceptors (Lipinski definition) is 4. The zero-order valence-corrected chi connectivity index (χ0v) is 15.4. The van der Waals surface area contributed by atoms with Gasteiger partial charge in [-0.2, -0.15) is 0 Å². The molecule has 1 aliphatic heterocycles. The van der Waals surface area contributed by atoms with Crippen molar-refractivity contribution in [2.45, 2.75) is 25.8 Å². The van der Waals surface area contributed by atoms with Gasteiger partial charge in [0.1, 0.15) is 5.76 Å². The Morgan fingerprint density at radius 2 is 1.69 bits per heavy atom.